The van der Waals surface area contributed by atoms with E-state index < -0.39 is 5.60 Å². The van der Waals surface area contributed by atoms with Crippen molar-refractivity contribution in [2.24, 2.45) is 17.3 Å². The molecular formula is C25H31NO4. The number of hydrogen-bond donors (Lipinski definition) is 0. The summed E-state index contributed by atoms with van der Waals surface area (Å²) < 4.78 is 18.7. The fourth-order valence-electron chi connectivity index (χ4n) is 8.79. The molecule has 4 saturated carbocycles. The number of piperidine rings is 1. The van der Waals surface area contributed by atoms with Crippen LogP contribution in [-0.4, -0.2) is 55.7 Å². The van der Waals surface area contributed by atoms with E-state index in [-0.39, 0.29) is 28.6 Å². The van der Waals surface area contributed by atoms with Crippen molar-refractivity contribution in [3.8, 4) is 11.5 Å². The normalized spacial score (nSPS) is 45.3. The summed E-state index contributed by atoms with van der Waals surface area (Å²) in [6, 6.07) is 4.74. The van der Waals surface area contributed by atoms with Gasteiger partial charge in [-0.15, -0.1) is 0 Å². The van der Waals surface area contributed by atoms with Crippen LogP contribution in [0, 0.1) is 17.3 Å². The van der Waals surface area contributed by atoms with Crippen LogP contribution in [0.5, 0.6) is 11.5 Å². The zero-order valence-corrected chi connectivity index (χ0v) is 18.2. The van der Waals surface area contributed by atoms with E-state index in [0.29, 0.717) is 6.04 Å². The van der Waals surface area contributed by atoms with Crippen molar-refractivity contribution in [3.05, 3.63) is 23.3 Å². The van der Waals surface area contributed by atoms with Crippen LogP contribution in [0.25, 0.3) is 0 Å². The van der Waals surface area contributed by atoms with Gasteiger partial charge in [0.05, 0.1) is 7.11 Å². The van der Waals surface area contributed by atoms with E-state index in [1.165, 1.54) is 30.5 Å². The van der Waals surface area contributed by atoms with Gasteiger partial charge in [0.2, 0.25) is 0 Å². The third kappa shape index (κ3) is 1.66. The van der Waals surface area contributed by atoms with E-state index in [1.54, 1.807) is 14.2 Å². The number of carbonyl (C=O) groups is 1. The standard InChI is InChI=1S/C25H31NO4/c1-14-21(27)25(29-3)9-8-23(14)18-12-16-6-7-17(28-2)20-19(16)24(23,22(25)30-20)10-11-26(18)13-15-4-5-15/h6-7,14-15,18,22H,4-5,8-13H2,1-3H3/t14?,18-,22-,23-,24+,25-/m1/s1. The largest absolute Gasteiger partial charge is 0.493 e. The fraction of sp³-hybridized carbons (Fsp3) is 0.720. The van der Waals surface area contributed by atoms with Crippen molar-refractivity contribution in [1.82, 2.24) is 4.90 Å². The molecule has 2 aliphatic heterocycles. The molecule has 30 heavy (non-hydrogen) atoms. The third-order valence-electron chi connectivity index (χ3n) is 10.1. The number of ketones is 1. The first kappa shape index (κ1) is 18.0. The van der Waals surface area contributed by atoms with E-state index in [9.17, 15) is 4.79 Å². The highest BCUT2D eigenvalue weighted by atomic mass is 16.6. The predicted molar refractivity (Wildman–Crippen MR) is 111 cm³/mol. The summed E-state index contributed by atoms with van der Waals surface area (Å²) in [5.41, 5.74) is 1.73. The minimum atomic E-state index is -0.830. The Bertz CT molecular complexity index is 972. The Morgan fingerprint density at radius 3 is 2.77 bits per heavy atom. The SMILES string of the molecule is COc1ccc2c3c1O[C@@H]1[C@]34CCN(CC3CC3)[C@H](C2)[C@]42CC[C@@]1(OC)C(=O)C2C. The van der Waals surface area contributed by atoms with Crippen molar-refractivity contribution in [1.29, 1.82) is 0 Å². The molecular weight excluding hydrogens is 378 g/mol. The first-order chi connectivity index (χ1) is 14.5. The minimum absolute atomic E-state index is 0.0108. The third-order valence-corrected chi connectivity index (χ3v) is 10.1. The highest BCUT2D eigenvalue weighted by molar-refractivity contribution is 5.95. The second-order valence-electron chi connectivity index (χ2n) is 10.7. The van der Waals surface area contributed by atoms with Gasteiger partial charge in [0.25, 0.3) is 0 Å². The van der Waals surface area contributed by atoms with Gasteiger partial charge in [-0.1, -0.05) is 13.0 Å². The Balaban J connectivity index is 1.52. The van der Waals surface area contributed by atoms with Crippen LogP contribution in [0.3, 0.4) is 0 Å². The molecule has 2 spiro atoms. The van der Waals surface area contributed by atoms with E-state index >= 15 is 0 Å². The number of rotatable bonds is 4. The molecule has 5 heteroatoms. The number of benzene rings is 1. The summed E-state index contributed by atoms with van der Waals surface area (Å²) >= 11 is 0. The molecule has 0 aromatic heterocycles. The first-order valence-electron chi connectivity index (χ1n) is 11.7. The summed E-state index contributed by atoms with van der Waals surface area (Å²) in [5, 5.41) is 0. The number of nitrogens with zero attached hydrogens (tertiary/aromatic N) is 1. The lowest BCUT2D eigenvalue weighted by atomic mass is 9.33. The molecule has 1 saturated heterocycles. The average molecular weight is 410 g/mol. The molecule has 8 rings (SSSR count). The maximum atomic E-state index is 13.9. The number of likely N-dealkylation sites (tertiary alicyclic amines) is 1. The van der Waals surface area contributed by atoms with E-state index in [2.05, 4.69) is 24.0 Å². The summed E-state index contributed by atoms with van der Waals surface area (Å²) in [7, 11) is 3.43. The van der Waals surface area contributed by atoms with Crippen LogP contribution in [-0.2, 0) is 21.4 Å². The van der Waals surface area contributed by atoms with Crippen LogP contribution in [0.4, 0.5) is 0 Å². The summed E-state index contributed by atoms with van der Waals surface area (Å²) in [5.74, 6) is 2.81. The number of fused-ring (bicyclic) bond motifs is 2. The molecule has 7 aliphatic rings. The van der Waals surface area contributed by atoms with Crippen LogP contribution in [0.15, 0.2) is 12.1 Å². The van der Waals surface area contributed by atoms with Crippen molar-refractivity contribution in [3.63, 3.8) is 0 Å². The Morgan fingerprint density at radius 2 is 2.03 bits per heavy atom. The lowest BCUT2D eigenvalue weighted by Gasteiger charge is -2.73. The number of methoxy groups -OCH3 is 2. The van der Waals surface area contributed by atoms with Crippen LogP contribution < -0.4 is 9.47 Å². The zero-order chi connectivity index (χ0) is 20.5. The molecule has 5 aliphatic carbocycles. The predicted octanol–water partition coefficient (Wildman–Crippen LogP) is 3.12. The van der Waals surface area contributed by atoms with Gasteiger partial charge in [-0.3, -0.25) is 9.69 Å². The lowest BCUT2D eigenvalue weighted by Crippen LogP contribution is -2.84. The van der Waals surface area contributed by atoms with Gasteiger partial charge >= 0.3 is 0 Å². The molecule has 1 unspecified atom stereocenters. The molecule has 5 fully saturated rings. The van der Waals surface area contributed by atoms with Crippen molar-refractivity contribution < 1.29 is 19.0 Å². The number of carbonyl (C=O) groups excluding carboxylic acids is 1. The van der Waals surface area contributed by atoms with Crippen molar-refractivity contribution >= 4 is 5.78 Å². The Kier molecular flexibility index (Phi) is 3.25. The number of Topliss-reactive ketones (excluding diaryl/α,β-unsaturated/α-hetero) is 1. The quantitative estimate of drug-likeness (QED) is 0.765. The van der Waals surface area contributed by atoms with Gasteiger partial charge in [-0.05, 0) is 62.6 Å². The fourth-order valence-corrected chi connectivity index (χ4v) is 8.79. The molecule has 1 aromatic rings. The molecule has 0 amide bonds. The molecule has 6 atom stereocenters. The topological polar surface area (TPSA) is 48.0 Å². The highest BCUT2D eigenvalue weighted by Crippen LogP contribution is 2.76. The van der Waals surface area contributed by atoms with Gasteiger partial charge in [-0.25, -0.2) is 0 Å². The summed E-state index contributed by atoms with van der Waals surface area (Å²) in [6.45, 7) is 4.49. The second kappa shape index (κ2) is 5.42. The van der Waals surface area contributed by atoms with Gasteiger partial charge in [0, 0.05) is 42.0 Å². The van der Waals surface area contributed by atoms with Gasteiger partial charge in [0.1, 0.15) is 6.10 Å². The summed E-state index contributed by atoms with van der Waals surface area (Å²) in [4.78, 5) is 16.7. The smallest absolute Gasteiger partial charge is 0.171 e. The van der Waals surface area contributed by atoms with Crippen LogP contribution in [0.1, 0.15) is 50.2 Å². The molecule has 0 N–H and O–H groups in total. The molecule has 0 radical (unpaired) electrons. The average Bonchev–Trinajstić information content (AvgIpc) is 3.51. The van der Waals surface area contributed by atoms with Crippen LogP contribution in [0.2, 0.25) is 0 Å². The van der Waals surface area contributed by atoms with Gasteiger partial charge in [0.15, 0.2) is 22.9 Å². The number of ether oxygens (including phenoxy) is 3. The maximum Gasteiger partial charge on any atom is 0.171 e. The van der Waals surface area contributed by atoms with Crippen molar-refractivity contribution in [2.75, 3.05) is 27.3 Å². The van der Waals surface area contributed by atoms with Crippen LogP contribution >= 0.6 is 0 Å². The molecule has 2 heterocycles. The second-order valence-corrected chi connectivity index (χ2v) is 10.7. The van der Waals surface area contributed by atoms with E-state index in [4.69, 9.17) is 14.2 Å². The van der Waals surface area contributed by atoms with E-state index in [1.807, 2.05) is 0 Å². The van der Waals surface area contributed by atoms with Crippen molar-refractivity contribution in [2.45, 2.75) is 68.6 Å². The molecule has 4 bridgehead atoms. The first-order valence-corrected chi connectivity index (χ1v) is 11.7. The van der Waals surface area contributed by atoms with Gasteiger partial charge < -0.3 is 14.2 Å². The monoisotopic (exact) mass is 409 g/mol. The Hall–Kier alpha value is -1.59. The molecule has 1 aromatic carbocycles. The maximum absolute atomic E-state index is 13.9. The van der Waals surface area contributed by atoms with Gasteiger partial charge in [-0.2, -0.15) is 0 Å². The summed E-state index contributed by atoms with van der Waals surface area (Å²) in [6.07, 6.45) is 6.40. The zero-order valence-electron chi connectivity index (χ0n) is 18.2. The molecule has 5 nitrogen and oxygen atoms in total. The Labute approximate surface area is 178 Å². The number of hydrogen-bond acceptors (Lipinski definition) is 5. The highest BCUT2D eigenvalue weighted by Gasteiger charge is 2.83. The lowest BCUT2D eigenvalue weighted by molar-refractivity contribution is -0.253. The molecule has 160 valence electrons. The Morgan fingerprint density at radius 1 is 1.20 bits per heavy atom. The minimum Gasteiger partial charge on any atom is -0.493 e. The van der Waals surface area contributed by atoms with E-state index in [0.717, 1.165) is 49.6 Å².